The van der Waals surface area contributed by atoms with Gasteiger partial charge in [0, 0.05) is 5.56 Å². The standard InChI is InChI=1S/C19H16N2O3/c1-23-18-10-9-17(13-20)16(12-18)8-5-11-21-19(22)24-14-15-6-3-2-4-7-15/h2-4,6-7,9-10,12H,11,14H2,1H3,(H,21,22). The molecule has 0 fully saturated rings. The van der Waals surface area contributed by atoms with Crippen molar-refractivity contribution in [3.8, 4) is 23.7 Å². The molecular weight excluding hydrogens is 304 g/mol. The highest BCUT2D eigenvalue weighted by Gasteiger charge is 2.02. The Morgan fingerprint density at radius 3 is 2.67 bits per heavy atom. The third-order valence-corrected chi connectivity index (χ3v) is 3.10. The lowest BCUT2D eigenvalue weighted by molar-refractivity contribution is 0.141. The van der Waals surface area contributed by atoms with Gasteiger partial charge >= 0.3 is 6.09 Å². The molecule has 0 bridgehead atoms. The van der Waals surface area contributed by atoms with Crippen LogP contribution in [0.3, 0.4) is 0 Å². The van der Waals surface area contributed by atoms with Crippen LogP contribution in [0.4, 0.5) is 4.79 Å². The summed E-state index contributed by atoms with van der Waals surface area (Å²) in [5.74, 6) is 6.25. The smallest absolute Gasteiger partial charge is 0.408 e. The van der Waals surface area contributed by atoms with Gasteiger partial charge in [-0.25, -0.2) is 4.79 Å². The number of rotatable bonds is 4. The topological polar surface area (TPSA) is 71.3 Å². The summed E-state index contributed by atoms with van der Waals surface area (Å²) >= 11 is 0. The van der Waals surface area contributed by atoms with Crippen LogP contribution in [-0.2, 0) is 11.3 Å². The molecule has 0 atom stereocenters. The Morgan fingerprint density at radius 1 is 1.17 bits per heavy atom. The Labute approximate surface area is 140 Å². The fraction of sp³-hybridized carbons (Fsp3) is 0.158. The highest BCUT2D eigenvalue weighted by Crippen LogP contribution is 2.16. The molecule has 2 aromatic carbocycles. The van der Waals surface area contributed by atoms with E-state index in [1.165, 1.54) is 0 Å². The second-order valence-corrected chi connectivity index (χ2v) is 4.74. The van der Waals surface area contributed by atoms with E-state index in [1.807, 2.05) is 30.3 Å². The molecule has 1 N–H and O–H groups in total. The van der Waals surface area contributed by atoms with Gasteiger partial charge in [-0.1, -0.05) is 42.2 Å². The van der Waals surface area contributed by atoms with Crippen molar-refractivity contribution < 1.29 is 14.3 Å². The lowest BCUT2D eigenvalue weighted by Gasteiger charge is -2.04. The predicted octanol–water partition coefficient (Wildman–Crippen LogP) is 2.84. The van der Waals surface area contributed by atoms with Crippen molar-refractivity contribution in [1.29, 1.82) is 5.26 Å². The molecule has 0 saturated heterocycles. The van der Waals surface area contributed by atoms with Crippen LogP contribution in [0.5, 0.6) is 5.75 Å². The predicted molar refractivity (Wildman–Crippen MR) is 89.2 cm³/mol. The number of hydrogen-bond donors (Lipinski definition) is 1. The number of carbonyl (C=O) groups excluding carboxylic acids is 1. The summed E-state index contributed by atoms with van der Waals surface area (Å²) in [4.78, 5) is 11.6. The van der Waals surface area contributed by atoms with Crippen molar-refractivity contribution in [2.45, 2.75) is 6.61 Å². The summed E-state index contributed by atoms with van der Waals surface area (Å²) < 4.78 is 10.2. The first-order valence-corrected chi connectivity index (χ1v) is 7.24. The number of carbonyl (C=O) groups is 1. The third-order valence-electron chi connectivity index (χ3n) is 3.10. The first-order valence-electron chi connectivity index (χ1n) is 7.24. The minimum Gasteiger partial charge on any atom is -0.497 e. The van der Waals surface area contributed by atoms with Crippen LogP contribution in [0.25, 0.3) is 0 Å². The van der Waals surface area contributed by atoms with Gasteiger partial charge in [-0.15, -0.1) is 0 Å². The van der Waals surface area contributed by atoms with Crippen LogP contribution < -0.4 is 10.1 Å². The Balaban J connectivity index is 1.85. The van der Waals surface area contributed by atoms with Crippen molar-refractivity contribution in [1.82, 2.24) is 5.32 Å². The first-order chi connectivity index (χ1) is 11.7. The number of nitriles is 1. The molecule has 0 radical (unpaired) electrons. The second-order valence-electron chi connectivity index (χ2n) is 4.74. The van der Waals surface area contributed by atoms with Crippen molar-refractivity contribution >= 4 is 6.09 Å². The van der Waals surface area contributed by atoms with Crippen molar-refractivity contribution in [3.63, 3.8) is 0 Å². The van der Waals surface area contributed by atoms with E-state index in [-0.39, 0.29) is 13.2 Å². The zero-order chi connectivity index (χ0) is 17.2. The van der Waals surface area contributed by atoms with Gasteiger partial charge in [0.1, 0.15) is 18.4 Å². The molecular formula is C19H16N2O3. The number of nitrogens with one attached hydrogen (secondary N) is 1. The molecule has 0 spiro atoms. The van der Waals surface area contributed by atoms with Crippen LogP contribution in [0.1, 0.15) is 16.7 Å². The molecule has 0 heterocycles. The molecule has 2 aromatic rings. The van der Waals surface area contributed by atoms with Gasteiger partial charge in [-0.3, -0.25) is 0 Å². The molecule has 1 amide bonds. The molecule has 5 heteroatoms. The highest BCUT2D eigenvalue weighted by molar-refractivity contribution is 5.67. The van der Waals surface area contributed by atoms with Gasteiger partial charge in [0.15, 0.2) is 0 Å². The number of amides is 1. The Kier molecular flexibility index (Phi) is 6.25. The van der Waals surface area contributed by atoms with E-state index in [0.717, 1.165) is 5.56 Å². The zero-order valence-electron chi connectivity index (χ0n) is 13.2. The monoisotopic (exact) mass is 320 g/mol. The summed E-state index contributed by atoms with van der Waals surface area (Å²) in [5.41, 5.74) is 1.92. The van der Waals surface area contributed by atoms with Crippen LogP contribution in [0, 0.1) is 23.2 Å². The fourth-order valence-electron chi connectivity index (χ4n) is 1.88. The van der Waals surface area contributed by atoms with Crippen LogP contribution in [-0.4, -0.2) is 19.7 Å². The molecule has 0 aliphatic rings. The molecule has 0 aliphatic heterocycles. The summed E-state index contributed by atoms with van der Waals surface area (Å²) in [6.07, 6.45) is -0.542. The normalized spacial score (nSPS) is 9.17. The van der Waals surface area contributed by atoms with E-state index >= 15 is 0 Å². The minimum atomic E-state index is -0.542. The van der Waals surface area contributed by atoms with E-state index in [9.17, 15) is 4.79 Å². The molecule has 0 aromatic heterocycles. The van der Waals surface area contributed by atoms with Gasteiger partial charge in [0.2, 0.25) is 0 Å². The average Bonchev–Trinajstić information content (AvgIpc) is 2.64. The lowest BCUT2D eigenvalue weighted by atomic mass is 10.1. The molecule has 5 nitrogen and oxygen atoms in total. The molecule has 2 rings (SSSR count). The number of methoxy groups -OCH3 is 1. The summed E-state index contributed by atoms with van der Waals surface area (Å²) in [5, 5.41) is 11.6. The largest absolute Gasteiger partial charge is 0.497 e. The molecule has 0 unspecified atom stereocenters. The van der Waals surface area contributed by atoms with Gasteiger partial charge in [-0.2, -0.15) is 5.26 Å². The van der Waals surface area contributed by atoms with Crippen LogP contribution in [0.15, 0.2) is 48.5 Å². The number of benzene rings is 2. The van der Waals surface area contributed by atoms with Gasteiger partial charge in [-0.05, 0) is 23.8 Å². The fourth-order valence-corrected chi connectivity index (χ4v) is 1.88. The van der Waals surface area contributed by atoms with Crippen LogP contribution >= 0.6 is 0 Å². The van der Waals surface area contributed by atoms with Gasteiger partial charge in [0.25, 0.3) is 0 Å². The molecule has 0 saturated carbocycles. The van der Waals surface area contributed by atoms with Crippen molar-refractivity contribution in [2.75, 3.05) is 13.7 Å². The van der Waals surface area contributed by atoms with Gasteiger partial charge in [0.05, 0.1) is 19.2 Å². The molecule has 0 aliphatic carbocycles. The number of hydrogen-bond acceptors (Lipinski definition) is 4. The molecule has 24 heavy (non-hydrogen) atoms. The van der Waals surface area contributed by atoms with E-state index < -0.39 is 6.09 Å². The number of ether oxygens (including phenoxy) is 2. The third kappa shape index (κ3) is 5.08. The Morgan fingerprint density at radius 2 is 1.96 bits per heavy atom. The van der Waals surface area contributed by atoms with E-state index in [1.54, 1.807) is 25.3 Å². The maximum absolute atomic E-state index is 11.6. The second kappa shape index (κ2) is 8.87. The minimum absolute atomic E-state index is 0.121. The van der Waals surface area contributed by atoms with Crippen molar-refractivity contribution in [2.24, 2.45) is 0 Å². The lowest BCUT2D eigenvalue weighted by Crippen LogP contribution is -2.24. The average molecular weight is 320 g/mol. The maximum Gasteiger partial charge on any atom is 0.408 e. The summed E-state index contributed by atoms with van der Waals surface area (Å²) in [6.45, 7) is 0.324. The SMILES string of the molecule is COc1ccc(C#N)c(C#CCNC(=O)OCc2ccccc2)c1. The first kappa shape index (κ1) is 16.9. The van der Waals surface area contributed by atoms with Crippen LogP contribution in [0.2, 0.25) is 0 Å². The quantitative estimate of drug-likeness (QED) is 0.879. The van der Waals surface area contributed by atoms with Gasteiger partial charge < -0.3 is 14.8 Å². The number of nitrogens with zero attached hydrogens (tertiary/aromatic N) is 1. The Bertz CT molecular complexity index is 799. The molecule has 120 valence electrons. The summed E-state index contributed by atoms with van der Waals surface area (Å²) in [7, 11) is 1.54. The number of alkyl carbamates (subject to hydrolysis) is 1. The van der Waals surface area contributed by atoms with E-state index in [4.69, 9.17) is 14.7 Å². The van der Waals surface area contributed by atoms with E-state index in [2.05, 4.69) is 23.2 Å². The van der Waals surface area contributed by atoms with Crippen molar-refractivity contribution in [3.05, 3.63) is 65.2 Å². The highest BCUT2D eigenvalue weighted by atomic mass is 16.5. The zero-order valence-corrected chi connectivity index (χ0v) is 13.2. The Hall–Kier alpha value is -3.44. The maximum atomic E-state index is 11.6. The van der Waals surface area contributed by atoms with E-state index in [0.29, 0.717) is 16.9 Å². The summed E-state index contributed by atoms with van der Waals surface area (Å²) in [6, 6.07) is 16.5.